The lowest BCUT2D eigenvalue weighted by atomic mass is 10.2. The van der Waals surface area contributed by atoms with Crippen LogP contribution >= 0.6 is 12.2 Å². The van der Waals surface area contributed by atoms with Crippen LogP contribution in [0.15, 0.2) is 18.2 Å². The standard InChI is InChI=1S/C8H9NO2S/c1-9-8(12)5-2-3-6(10)7(11)4-5/h2-4,10-11H,1H3,(H,9,12). The van der Waals surface area contributed by atoms with Gasteiger partial charge in [-0.2, -0.15) is 0 Å². The van der Waals surface area contributed by atoms with Gasteiger partial charge in [-0.25, -0.2) is 0 Å². The van der Waals surface area contributed by atoms with E-state index in [1.807, 2.05) is 0 Å². The molecule has 0 radical (unpaired) electrons. The van der Waals surface area contributed by atoms with Crippen LogP contribution in [0.4, 0.5) is 0 Å². The molecule has 3 nitrogen and oxygen atoms in total. The maximum Gasteiger partial charge on any atom is 0.158 e. The SMILES string of the molecule is CNC(=S)c1ccc(O)c(O)c1. The van der Waals surface area contributed by atoms with Crippen molar-refractivity contribution in [1.29, 1.82) is 0 Å². The van der Waals surface area contributed by atoms with Crippen molar-refractivity contribution in [2.24, 2.45) is 0 Å². The second kappa shape index (κ2) is 3.40. The summed E-state index contributed by atoms with van der Waals surface area (Å²) in [6.45, 7) is 0. The van der Waals surface area contributed by atoms with Gasteiger partial charge in [0.05, 0.1) is 0 Å². The van der Waals surface area contributed by atoms with Crippen LogP contribution in [0.1, 0.15) is 5.56 Å². The fourth-order valence-corrected chi connectivity index (χ4v) is 0.936. The summed E-state index contributed by atoms with van der Waals surface area (Å²) in [5.41, 5.74) is 0.683. The first-order chi connectivity index (χ1) is 5.65. The molecule has 0 amide bonds. The van der Waals surface area contributed by atoms with E-state index >= 15 is 0 Å². The third kappa shape index (κ3) is 1.65. The van der Waals surface area contributed by atoms with Crippen LogP contribution in [0, 0.1) is 0 Å². The Hall–Kier alpha value is -1.29. The summed E-state index contributed by atoms with van der Waals surface area (Å²) in [6.07, 6.45) is 0. The summed E-state index contributed by atoms with van der Waals surface area (Å²) in [5, 5.41) is 20.9. The molecule has 0 saturated heterocycles. The normalized spacial score (nSPS) is 9.42. The van der Waals surface area contributed by atoms with Crippen molar-refractivity contribution >= 4 is 17.2 Å². The third-order valence-electron chi connectivity index (χ3n) is 1.46. The van der Waals surface area contributed by atoms with Crippen molar-refractivity contribution in [3.05, 3.63) is 23.8 Å². The minimum absolute atomic E-state index is 0.141. The maximum absolute atomic E-state index is 9.11. The van der Waals surface area contributed by atoms with Gasteiger partial charge in [-0.3, -0.25) is 0 Å². The zero-order chi connectivity index (χ0) is 9.14. The first kappa shape index (κ1) is 8.80. The second-order valence-corrected chi connectivity index (χ2v) is 2.69. The number of nitrogens with one attached hydrogen (secondary N) is 1. The molecule has 0 atom stereocenters. The highest BCUT2D eigenvalue weighted by molar-refractivity contribution is 7.80. The molecule has 0 heterocycles. The van der Waals surface area contributed by atoms with Crippen molar-refractivity contribution in [3.8, 4) is 11.5 Å². The predicted molar refractivity (Wildman–Crippen MR) is 50.5 cm³/mol. The van der Waals surface area contributed by atoms with E-state index in [9.17, 15) is 0 Å². The molecule has 1 aromatic carbocycles. The summed E-state index contributed by atoms with van der Waals surface area (Å²) in [5.74, 6) is -0.303. The molecule has 12 heavy (non-hydrogen) atoms. The smallest absolute Gasteiger partial charge is 0.158 e. The van der Waals surface area contributed by atoms with E-state index in [1.54, 1.807) is 13.1 Å². The minimum Gasteiger partial charge on any atom is -0.504 e. The molecule has 3 N–H and O–H groups in total. The van der Waals surface area contributed by atoms with Gasteiger partial charge < -0.3 is 15.5 Å². The first-order valence-electron chi connectivity index (χ1n) is 3.39. The Labute approximate surface area is 75.7 Å². The number of thiocarbonyl (C=S) groups is 1. The Kier molecular flexibility index (Phi) is 2.50. The molecule has 0 fully saturated rings. The van der Waals surface area contributed by atoms with E-state index in [1.165, 1.54) is 12.1 Å². The van der Waals surface area contributed by atoms with Crippen molar-refractivity contribution in [3.63, 3.8) is 0 Å². The average molecular weight is 183 g/mol. The number of hydrogen-bond donors (Lipinski definition) is 3. The van der Waals surface area contributed by atoms with Crippen LogP contribution in [0.2, 0.25) is 0 Å². The van der Waals surface area contributed by atoms with Crippen LogP contribution in [0.5, 0.6) is 11.5 Å². The zero-order valence-corrected chi connectivity index (χ0v) is 7.35. The van der Waals surface area contributed by atoms with Crippen LogP contribution in [-0.4, -0.2) is 22.2 Å². The fraction of sp³-hybridized carbons (Fsp3) is 0.125. The van der Waals surface area contributed by atoms with E-state index in [0.717, 1.165) is 0 Å². The Balaban J connectivity index is 3.05. The van der Waals surface area contributed by atoms with Crippen molar-refractivity contribution in [2.75, 3.05) is 7.05 Å². The molecule has 0 aliphatic carbocycles. The predicted octanol–water partition coefficient (Wildman–Crippen LogP) is 0.993. The number of aromatic hydroxyl groups is 2. The van der Waals surface area contributed by atoms with Gasteiger partial charge in [0, 0.05) is 12.6 Å². The molecule has 0 aliphatic heterocycles. The van der Waals surface area contributed by atoms with Gasteiger partial charge in [-0.05, 0) is 18.2 Å². The van der Waals surface area contributed by atoms with Crippen LogP contribution < -0.4 is 5.32 Å². The molecular formula is C8H9NO2S. The molecule has 0 unspecified atom stereocenters. The maximum atomic E-state index is 9.11. The third-order valence-corrected chi connectivity index (χ3v) is 1.90. The van der Waals surface area contributed by atoms with E-state index in [-0.39, 0.29) is 11.5 Å². The molecule has 1 rings (SSSR count). The highest BCUT2D eigenvalue weighted by Gasteiger charge is 2.02. The van der Waals surface area contributed by atoms with Crippen LogP contribution in [0.25, 0.3) is 0 Å². The average Bonchev–Trinajstić information content (AvgIpc) is 2.08. The number of hydrogen-bond acceptors (Lipinski definition) is 3. The topological polar surface area (TPSA) is 52.5 Å². The van der Waals surface area contributed by atoms with Gasteiger partial charge >= 0.3 is 0 Å². The highest BCUT2D eigenvalue weighted by atomic mass is 32.1. The fourth-order valence-electron chi connectivity index (χ4n) is 0.809. The van der Waals surface area contributed by atoms with Gasteiger partial charge in [0.25, 0.3) is 0 Å². The lowest BCUT2D eigenvalue weighted by molar-refractivity contribution is 0.403. The Morgan fingerprint density at radius 1 is 1.33 bits per heavy atom. The van der Waals surface area contributed by atoms with Gasteiger partial charge in [0.15, 0.2) is 11.5 Å². The summed E-state index contributed by atoms with van der Waals surface area (Å²) in [4.78, 5) is 0.533. The lowest BCUT2D eigenvalue weighted by Gasteiger charge is -2.03. The summed E-state index contributed by atoms with van der Waals surface area (Å²) < 4.78 is 0. The molecular weight excluding hydrogens is 174 g/mol. The molecule has 0 aromatic heterocycles. The van der Waals surface area contributed by atoms with E-state index < -0.39 is 0 Å². The summed E-state index contributed by atoms with van der Waals surface area (Å²) in [6, 6.07) is 4.44. The second-order valence-electron chi connectivity index (χ2n) is 2.28. The monoisotopic (exact) mass is 183 g/mol. The van der Waals surface area contributed by atoms with Crippen molar-refractivity contribution in [2.45, 2.75) is 0 Å². The molecule has 0 saturated carbocycles. The Morgan fingerprint density at radius 2 is 2.00 bits per heavy atom. The summed E-state index contributed by atoms with van der Waals surface area (Å²) in [7, 11) is 1.70. The lowest BCUT2D eigenvalue weighted by Crippen LogP contribution is -2.15. The number of phenolic OH excluding ortho intramolecular Hbond substituents is 2. The van der Waals surface area contributed by atoms with Crippen LogP contribution in [0.3, 0.4) is 0 Å². The van der Waals surface area contributed by atoms with Crippen molar-refractivity contribution < 1.29 is 10.2 Å². The summed E-state index contributed by atoms with van der Waals surface area (Å²) >= 11 is 4.92. The number of benzene rings is 1. The highest BCUT2D eigenvalue weighted by Crippen LogP contribution is 2.24. The molecule has 0 aliphatic rings. The van der Waals surface area contributed by atoms with Gasteiger partial charge in [0.2, 0.25) is 0 Å². The molecule has 0 bridgehead atoms. The largest absolute Gasteiger partial charge is 0.504 e. The number of rotatable bonds is 1. The van der Waals surface area contributed by atoms with E-state index in [4.69, 9.17) is 22.4 Å². The molecule has 1 aromatic rings. The molecule has 0 spiro atoms. The molecule has 4 heteroatoms. The zero-order valence-electron chi connectivity index (χ0n) is 6.53. The minimum atomic E-state index is -0.162. The van der Waals surface area contributed by atoms with Crippen molar-refractivity contribution in [1.82, 2.24) is 5.32 Å². The number of phenols is 2. The van der Waals surface area contributed by atoms with Gasteiger partial charge in [-0.15, -0.1) is 0 Å². The van der Waals surface area contributed by atoms with Crippen LogP contribution in [-0.2, 0) is 0 Å². The quantitative estimate of drug-likeness (QED) is 0.449. The Bertz CT molecular complexity index is 312. The van der Waals surface area contributed by atoms with Gasteiger partial charge in [0.1, 0.15) is 4.99 Å². The van der Waals surface area contributed by atoms with E-state index in [2.05, 4.69) is 5.32 Å². The molecule has 64 valence electrons. The first-order valence-corrected chi connectivity index (χ1v) is 3.80. The van der Waals surface area contributed by atoms with E-state index in [0.29, 0.717) is 10.6 Å². The van der Waals surface area contributed by atoms with Gasteiger partial charge in [-0.1, -0.05) is 12.2 Å². The Morgan fingerprint density at radius 3 is 2.50 bits per heavy atom.